The fourth-order valence-corrected chi connectivity index (χ4v) is 6.69. The van der Waals surface area contributed by atoms with Crippen molar-refractivity contribution in [3.8, 4) is 11.8 Å². The highest BCUT2D eigenvalue weighted by molar-refractivity contribution is 7.28. The van der Waals surface area contributed by atoms with Gasteiger partial charge in [0, 0.05) is 17.6 Å². The number of halogens is 3. The van der Waals surface area contributed by atoms with E-state index < -0.39 is 35.2 Å². The minimum atomic E-state index is -1.25. The number of hydrogen-bond acceptors (Lipinski definition) is 6. The molecule has 7 nitrogen and oxygen atoms in total. The number of amides is 1. The van der Waals surface area contributed by atoms with Crippen molar-refractivity contribution < 1.29 is 28.2 Å². The van der Waals surface area contributed by atoms with E-state index in [9.17, 15) is 14.7 Å². The number of carboxylic acid groups (broad SMARTS) is 1. The number of hydrogen-bond donors (Lipinski definition) is 2. The highest BCUT2D eigenvalue weighted by Gasteiger charge is 2.55. The van der Waals surface area contributed by atoms with Gasteiger partial charge in [-0.25, -0.2) is 13.6 Å². The number of benzene rings is 1. The van der Waals surface area contributed by atoms with Crippen LogP contribution in [0.25, 0.3) is 9.40 Å². The summed E-state index contributed by atoms with van der Waals surface area (Å²) in [6, 6.07) is 7.00. The maximum atomic E-state index is 15.1. The van der Waals surface area contributed by atoms with Crippen LogP contribution in [-0.4, -0.2) is 26.9 Å². The van der Waals surface area contributed by atoms with Crippen LogP contribution >= 0.6 is 34.3 Å². The predicted molar refractivity (Wildman–Crippen MR) is 137 cm³/mol. The molecule has 1 atom stereocenters. The van der Waals surface area contributed by atoms with E-state index in [2.05, 4.69) is 22.3 Å². The number of thiophene rings is 2. The molecular formula is C25H18ClF2N3O4S2. The molecule has 12 heteroatoms. The monoisotopic (exact) mass is 561 g/mol. The highest BCUT2D eigenvalue weighted by atomic mass is 35.5. The van der Waals surface area contributed by atoms with Crippen LogP contribution in [0.1, 0.15) is 46.8 Å². The third kappa shape index (κ3) is 4.45. The second kappa shape index (κ2) is 9.45. The average Bonchev–Trinajstić information content (AvgIpc) is 3.40. The van der Waals surface area contributed by atoms with Crippen LogP contribution < -0.4 is 5.32 Å². The lowest BCUT2D eigenvalue weighted by molar-refractivity contribution is -0.140. The van der Waals surface area contributed by atoms with Crippen LogP contribution in [0.15, 0.2) is 30.5 Å². The van der Waals surface area contributed by atoms with E-state index in [0.717, 1.165) is 22.7 Å². The van der Waals surface area contributed by atoms with Gasteiger partial charge in [0.25, 0.3) is 0 Å². The summed E-state index contributed by atoms with van der Waals surface area (Å²) in [4.78, 5) is 24.2. The fraction of sp³-hybridized carbons (Fsp3) is 0.240. The van der Waals surface area contributed by atoms with E-state index in [1.165, 1.54) is 10.9 Å². The lowest BCUT2D eigenvalue weighted by Crippen LogP contribution is -2.19. The van der Waals surface area contributed by atoms with Crippen LogP contribution in [0.2, 0.25) is 5.02 Å². The van der Waals surface area contributed by atoms with Gasteiger partial charge in [-0.2, -0.15) is 5.10 Å². The van der Waals surface area contributed by atoms with Crippen molar-refractivity contribution >= 4 is 61.6 Å². The Kier molecular flexibility index (Phi) is 6.43. The molecule has 1 aliphatic rings. The Morgan fingerprint density at radius 3 is 2.57 bits per heavy atom. The number of anilines is 1. The van der Waals surface area contributed by atoms with Gasteiger partial charge in [-0.1, -0.05) is 35.7 Å². The Bertz CT molecular complexity index is 1630. The average molecular weight is 562 g/mol. The van der Waals surface area contributed by atoms with Gasteiger partial charge in [-0.05, 0) is 31.8 Å². The molecule has 1 fully saturated rings. The van der Waals surface area contributed by atoms with Crippen molar-refractivity contribution in [2.45, 2.75) is 31.3 Å². The van der Waals surface area contributed by atoms with Gasteiger partial charge < -0.3 is 9.84 Å². The van der Waals surface area contributed by atoms with E-state index in [1.807, 2.05) is 0 Å². The maximum Gasteiger partial charge on any atom is 0.413 e. The summed E-state index contributed by atoms with van der Waals surface area (Å²) >= 11 is 7.81. The minimum absolute atomic E-state index is 0.00315. The number of nitrogens with zero attached hydrogens (tertiary/aromatic N) is 2. The van der Waals surface area contributed by atoms with E-state index in [4.69, 9.17) is 16.3 Å². The summed E-state index contributed by atoms with van der Waals surface area (Å²) in [5.41, 5.74) is -0.311. The molecule has 1 aromatic carbocycles. The largest absolute Gasteiger partial charge is 0.481 e. The molecule has 2 N–H and O–H groups in total. The van der Waals surface area contributed by atoms with Crippen molar-refractivity contribution in [3.63, 3.8) is 0 Å². The quantitative estimate of drug-likeness (QED) is 0.273. The summed E-state index contributed by atoms with van der Waals surface area (Å²) in [7, 11) is 1.59. The Morgan fingerprint density at radius 2 is 1.92 bits per heavy atom. The van der Waals surface area contributed by atoms with E-state index in [-0.39, 0.29) is 25.0 Å². The molecule has 4 aromatic rings. The molecule has 5 rings (SSSR count). The van der Waals surface area contributed by atoms with Gasteiger partial charge in [0.2, 0.25) is 0 Å². The first-order valence-corrected chi connectivity index (χ1v) is 13.0. The summed E-state index contributed by atoms with van der Waals surface area (Å²) in [5.74, 6) is 3.19. The van der Waals surface area contributed by atoms with Gasteiger partial charge in [0.15, 0.2) is 11.6 Å². The van der Waals surface area contributed by atoms with Crippen molar-refractivity contribution in [1.29, 1.82) is 0 Å². The second-order valence-corrected chi connectivity index (χ2v) is 11.0. The Labute approximate surface area is 222 Å². The zero-order chi connectivity index (χ0) is 26.5. The standard InChI is InChI=1S/C25H18ClF2N3O4S2/c1-12(14-5-3-4-6-15(14)26)35-24(34)30-22-13(11-29-31(22)2)7-8-16-17(27)19-20(36-16)18(28)21(37-19)25(9-10-25)23(32)33/h3-6,11-12H,9-10H2,1-2H3,(H,30,34)(H,32,33). The van der Waals surface area contributed by atoms with Crippen molar-refractivity contribution in [1.82, 2.24) is 9.78 Å². The fourth-order valence-electron chi connectivity index (χ4n) is 3.89. The SMILES string of the molecule is CC(OC(=O)Nc1c(C#Cc2sc3c(F)c(C4(C(=O)O)CC4)sc3c2F)cnn1C)c1ccccc1Cl. The Hall–Kier alpha value is -3.46. The van der Waals surface area contributed by atoms with Crippen LogP contribution in [0, 0.1) is 23.5 Å². The second-order valence-electron chi connectivity index (χ2n) is 8.51. The van der Waals surface area contributed by atoms with Crippen LogP contribution in [0.5, 0.6) is 0 Å². The van der Waals surface area contributed by atoms with Crippen molar-refractivity contribution in [2.24, 2.45) is 7.05 Å². The van der Waals surface area contributed by atoms with Gasteiger partial charge >= 0.3 is 12.1 Å². The van der Waals surface area contributed by atoms with Crippen molar-refractivity contribution in [2.75, 3.05) is 5.32 Å². The number of aryl methyl sites for hydroxylation is 1. The Balaban J connectivity index is 1.37. The predicted octanol–water partition coefficient (Wildman–Crippen LogP) is 6.45. The summed E-state index contributed by atoms with van der Waals surface area (Å²) in [6.07, 6.45) is 0.676. The topological polar surface area (TPSA) is 93.4 Å². The van der Waals surface area contributed by atoms with E-state index in [0.29, 0.717) is 29.0 Å². The van der Waals surface area contributed by atoms with Crippen LogP contribution in [0.3, 0.4) is 0 Å². The maximum absolute atomic E-state index is 15.1. The molecule has 190 valence electrons. The molecular weight excluding hydrogens is 544 g/mol. The highest BCUT2D eigenvalue weighted by Crippen LogP contribution is 2.54. The number of ether oxygens (including phenoxy) is 1. The van der Waals surface area contributed by atoms with Crippen molar-refractivity contribution in [3.05, 3.63) is 68.0 Å². The number of aliphatic carboxylic acids is 1. The number of rotatable bonds is 5. The third-order valence-corrected chi connectivity index (χ3v) is 9.01. The summed E-state index contributed by atoms with van der Waals surface area (Å²) in [6.45, 7) is 1.68. The smallest absolute Gasteiger partial charge is 0.413 e. The molecule has 1 aliphatic carbocycles. The number of fused-ring (bicyclic) bond motifs is 1. The first kappa shape index (κ1) is 25.2. The molecule has 1 saturated carbocycles. The van der Waals surface area contributed by atoms with Crippen LogP contribution in [-0.2, 0) is 22.0 Å². The van der Waals surface area contributed by atoms with Crippen LogP contribution in [0.4, 0.5) is 19.4 Å². The van der Waals surface area contributed by atoms with Gasteiger partial charge in [0.05, 0.1) is 26.0 Å². The molecule has 0 bridgehead atoms. The third-order valence-electron chi connectivity index (χ3n) is 6.10. The first-order chi connectivity index (χ1) is 17.6. The number of nitrogens with one attached hydrogen (secondary N) is 1. The number of carbonyl (C=O) groups is 2. The van der Waals surface area contributed by atoms with Gasteiger partial charge in [0.1, 0.15) is 22.2 Å². The summed E-state index contributed by atoms with van der Waals surface area (Å²) in [5, 5.41) is 16.6. The molecule has 37 heavy (non-hydrogen) atoms. The molecule has 0 saturated heterocycles. The number of aromatic nitrogens is 2. The lowest BCUT2D eigenvalue weighted by atomic mass is 10.1. The molecule has 0 radical (unpaired) electrons. The Morgan fingerprint density at radius 1 is 1.22 bits per heavy atom. The normalized spacial score (nSPS) is 14.6. The van der Waals surface area contributed by atoms with Gasteiger partial charge in [-0.3, -0.25) is 14.8 Å². The molecule has 0 aliphatic heterocycles. The molecule has 0 spiro atoms. The zero-order valence-electron chi connectivity index (χ0n) is 19.4. The molecule has 3 aromatic heterocycles. The zero-order valence-corrected chi connectivity index (χ0v) is 21.8. The molecule has 1 unspecified atom stereocenters. The lowest BCUT2D eigenvalue weighted by Gasteiger charge is -2.15. The number of carbonyl (C=O) groups excluding carboxylic acids is 1. The minimum Gasteiger partial charge on any atom is -0.481 e. The van der Waals surface area contributed by atoms with E-state index >= 15 is 8.78 Å². The van der Waals surface area contributed by atoms with E-state index in [1.54, 1.807) is 38.2 Å². The first-order valence-electron chi connectivity index (χ1n) is 11.0. The van der Waals surface area contributed by atoms with Gasteiger partial charge in [-0.15, -0.1) is 22.7 Å². The summed E-state index contributed by atoms with van der Waals surface area (Å²) < 4.78 is 37.0. The number of carboxylic acids is 1. The molecule has 3 heterocycles. The molecule has 1 amide bonds.